The van der Waals surface area contributed by atoms with Gasteiger partial charge in [-0.25, -0.2) is 4.79 Å². The maximum Gasteiger partial charge on any atom is 0.338 e. The van der Waals surface area contributed by atoms with E-state index in [2.05, 4.69) is 5.32 Å². The van der Waals surface area contributed by atoms with Crippen LogP contribution in [0.15, 0.2) is 71.1 Å². The van der Waals surface area contributed by atoms with Gasteiger partial charge in [0.25, 0.3) is 5.91 Å². The van der Waals surface area contributed by atoms with Gasteiger partial charge in [0.05, 0.1) is 5.56 Å². The first kappa shape index (κ1) is 17.5. The monoisotopic (exact) mass is 373 g/mol. The Balaban J connectivity index is 1.42. The summed E-state index contributed by atoms with van der Waals surface area (Å²) in [5, 5.41) is 4.56. The van der Waals surface area contributed by atoms with Crippen LogP contribution in [0.25, 0.3) is 21.9 Å². The van der Waals surface area contributed by atoms with E-state index >= 15 is 0 Å². The van der Waals surface area contributed by atoms with E-state index in [4.69, 9.17) is 9.15 Å². The molecule has 138 valence electrons. The lowest BCUT2D eigenvalue weighted by Crippen LogP contribution is -2.20. The molecular weight excluding hydrogens is 358 g/mol. The number of benzene rings is 3. The van der Waals surface area contributed by atoms with Crippen LogP contribution in [0.5, 0.6) is 0 Å². The molecule has 0 unspecified atom stereocenters. The van der Waals surface area contributed by atoms with Crippen molar-refractivity contribution in [2.24, 2.45) is 0 Å². The van der Waals surface area contributed by atoms with Crippen LogP contribution in [-0.4, -0.2) is 24.8 Å². The molecule has 4 rings (SSSR count). The second-order valence-electron chi connectivity index (χ2n) is 6.17. The van der Waals surface area contributed by atoms with Crippen LogP contribution in [0.1, 0.15) is 20.7 Å². The molecule has 6 nitrogen and oxygen atoms in total. The minimum atomic E-state index is -0.635. The number of furan rings is 1. The van der Waals surface area contributed by atoms with Crippen molar-refractivity contribution in [3.63, 3.8) is 0 Å². The van der Waals surface area contributed by atoms with Crippen molar-refractivity contribution < 1.29 is 23.5 Å². The highest BCUT2D eigenvalue weighted by Crippen LogP contribution is 2.30. The normalized spacial score (nSPS) is 10.7. The molecule has 0 spiro atoms. The van der Waals surface area contributed by atoms with Gasteiger partial charge in [0.1, 0.15) is 17.5 Å². The van der Waals surface area contributed by atoms with Gasteiger partial charge in [-0.15, -0.1) is 0 Å². The molecule has 0 saturated heterocycles. The largest absolute Gasteiger partial charge is 0.456 e. The van der Waals surface area contributed by atoms with Crippen LogP contribution in [-0.2, 0) is 9.53 Å². The molecular formula is C22H15NO5. The molecule has 6 heteroatoms. The molecule has 0 aliphatic rings. The third-order valence-electron chi connectivity index (χ3n) is 4.28. The fraction of sp³-hybridized carbons (Fsp3) is 0.0455. The molecule has 1 heterocycles. The average Bonchev–Trinajstić information content (AvgIpc) is 3.10. The van der Waals surface area contributed by atoms with Crippen molar-refractivity contribution in [1.29, 1.82) is 0 Å². The van der Waals surface area contributed by atoms with Crippen molar-refractivity contribution in [1.82, 2.24) is 0 Å². The fourth-order valence-corrected chi connectivity index (χ4v) is 2.91. The standard InChI is InChI=1S/C22H15NO5/c24-12-14-5-7-15(8-6-14)22(26)27-13-21(25)23-16-9-10-20-18(11-16)17-3-1-2-4-19(17)28-20/h1-12H,13H2,(H,23,25). The molecule has 0 bridgehead atoms. The number of amides is 1. The summed E-state index contributed by atoms with van der Waals surface area (Å²) in [4.78, 5) is 34.8. The Labute approximate surface area is 159 Å². The Morgan fingerprint density at radius 1 is 0.929 bits per heavy atom. The fourth-order valence-electron chi connectivity index (χ4n) is 2.91. The number of nitrogens with one attached hydrogen (secondary N) is 1. The smallest absolute Gasteiger partial charge is 0.338 e. The van der Waals surface area contributed by atoms with Gasteiger partial charge in [-0.05, 0) is 36.4 Å². The molecule has 0 atom stereocenters. The van der Waals surface area contributed by atoms with E-state index < -0.39 is 18.5 Å². The average molecular weight is 373 g/mol. The first-order valence-electron chi connectivity index (χ1n) is 8.57. The van der Waals surface area contributed by atoms with Gasteiger partial charge in [0.2, 0.25) is 0 Å². The van der Waals surface area contributed by atoms with Crippen molar-refractivity contribution in [2.45, 2.75) is 0 Å². The summed E-state index contributed by atoms with van der Waals surface area (Å²) in [5.41, 5.74) is 2.80. The molecule has 0 fully saturated rings. The number of anilines is 1. The van der Waals surface area contributed by atoms with Gasteiger partial charge in [-0.2, -0.15) is 0 Å². The first-order valence-corrected chi connectivity index (χ1v) is 8.57. The summed E-state index contributed by atoms with van der Waals surface area (Å²) in [7, 11) is 0. The number of hydrogen-bond acceptors (Lipinski definition) is 5. The number of carbonyl (C=O) groups excluding carboxylic acids is 3. The highest BCUT2D eigenvalue weighted by atomic mass is 16.5. The minimum absolute atomic E-state index is 0.268. The van der Waals surface area contributed by atoms with Gasteiger partial charge < -0.3 is 14.5 Å². The quantitative estimate of drug-likeness (QED) is 0.419. The van der Waals surface area contributed by atoms with Gasteiger partial charge in [-0.3, -0.25) is 9.59 Å². The second-order valence-corrected chi connectivity index (χ2v) is 6.17. The number of esters is 1. The lowest BCUT2D eigenvalue weighted by Gasteiger charge is -2.07. The van der Waals surface area contributed by atoms with Gasteiger partial charge in [0.15, 0.2) is 6.61 Å². The van der Waals surface area contributed by atoms with Crippen LogP contribution in [0, 0.1) is 0 Å². The number of carbonyl (C=O) groups is 3. The van der Waals surface area contributed by atoms with E-state index in [0.29, 0.717) is 17.5 Å². The summed E-state index contributed by atoms with van der Waals surface area (Å²) in [6, 6.07) is 18.9. The number of rotatable bonds is 5. The second kappa shape index (κ2) is 7.36. The highest BCUT2D eigenvalue weighted by Gasteiger charge is 2.12. The first-order chi connectivity index (χ1) is 13.6. The SMILES string of the molecule is O=Cc1ccc(C(=O)OCC(=O)Nc2ccc3oc4ccccc4c3c2)cc1. The Bertz CT molecular complexity index is 1190. The zero-order valence-corrected chi connectivity index (χ0v) is 14.7. The van der Waals surface area contributed by atoms with Crippen LogP contribution in [0.3, 0.4) is 0 Å². The lowest BCUT2D eigenvalue weighted by molar-refractivity contribution is -0.119. The Morgan fingerprint density at radius 3 is 2.46 bits per heavy atom. The minimum Gasteiger partial charge on any atom is -0.456 e. The number of hydrogen-bond donors (Lipinski definition) is 1. The van der Waals surface area contributed by atoms with Crippen LogP contribution >= 0.6 is 0 Å². The molecule has 1 aromatic heterocycles. The summed E-state index contributed by atoms with van der Waals surface area (Å²) >= 11 is 0. The Morgan fingerprint density at radius 2 is 1.68 bits per heavy atom. The number of fused-ring (bicyclic) bond motifs is 3. The zero-order chi connectivity index (χ0) is 19.5. The molecule has 4 aromatic rings. The van der Waals surface area contributed by atoms with Crippen molar-refractivity contribution >= 4 is 45.8 Å². The molecule has 28 heavy (non-hydrogen) atoms. The van der Waals surface area contributed by atoms with E-state index in [1.165, 1.54) is 24.3 Å². The third-order valence-corrected chi connectivity index (χ3v) is 4.28. The van der Waals surface area contributed by atoms with Gasteiger partial charge in [-0.1, -0.05) is 30.3 Å². The molecule has 0 radical (unpaired) electrons. The van der Waals surface area contributed by atoms with Crippen molar-refractivity contribution in [2.75, 3.05) is 11.9 Å². The van der Waals surface area contributed by atoms with Crippen LogP contribution in [0.2, 0.25) is 0 Å². The number of aldehydes is 1. The molecule has 0 saturated carbocycles. The molecule has 0 aliphatic carbocycles. The molecule has 3 aromatic carbocycles. The summed E-state index contributed by atoms with van der Waals surface area (Å²) in [6.45, 7) is -0.418. The molecule has 0 aliphatic heterocycles. The van der Waals surface area contributed by atoms with E-state index in [-0.39, 0.29) is 5.56 Å². The number of para-hydroxylation sites is 1. The topological polar surface area (TPSA) is 85.6 Å². The third kappa shape index (κ3) is 3.48. The summed E-state index contributed by atoms with van der Waals surface area (Å²) < 4.78 is 10.8. The Kier molecular flexibility index (Phi) is 4.60. The number of ether oxygens (including phenoxy) is 1. The highest BCUT2D eigenvalue weighted by molar-refractivity contribution is 6.07. The van der Waals surface area contributed by atoms with Crippen molar-refractivity contribution in [3.8, 4) is 0 Å². The molecule has 1 amide bonds. The van der Waals surface area contributed by atoms with E-state index in [1.54, 1.807) is 12.1 Å². The lowest BCUT2D eigenvalue weighted by atomic mass is 10.1. The summed E-state index contributed by atoms with van der Waals surface area (Å²) in [5.74, 6) is -1.09. The zero-order valence-electron chi connectivity index (χ0n) is 14.7. The Hall–Kier alpha value is -3.93. The van der Waals surface area contributed by atoms with E-state index in [9.17, 15) is 14.4 Å². The van der Waals surface area contributed by atoms with Gasteiger partial charge >= 0.3 is 5.97 Å². The predicted octanol–water partition coefficient (Wildman–Crippen LogP) is 4.19. The maximum atomic E-state index is 12.1. The summed E-state index contributed by atoms with van der Waals surface area (Å²) in [6.07, 6.45) is 0.683. The van der Waals surface area contributed by atoms with E-state index in [1.807, 2.05) is 30.3 Å². The molecule has 1 N–H and O–H groups in total. The maximum absolute atomic E-state index is 12.1. The predicted molar refractivity (Wildman–Crippen MR) is 104 cm³/mol. The van der Waals surface area contributed by atoms with Gasteiger partial charge in [0, 0.05) is 22.0 Å². The van der Waals surface area contributed by atoms with E-state index in [0.717, 1.165) is 21.9 Å². The van der Waals surface area contributed by atoms with Crippen LogP contribution < -0.4 is 5.32 Å². The van der Waals surface area contributed by atoms with Crippen molar-refractivity contribution in [3.05, 3.63) is 77.9 Å². The van der Waals surface area contributed by atoms with Crippen LogP contribution in [0.4, 0.5) is 5.69 Å².